The molecule has 4 rings (SSSR count). The molecule has 0 saturated carbocycles. The molecule has 0 atom stereocenters. The van der Waals surface area contributed by atoms with Gasteiger partial charge in [-0.15, -0.1) is 0 Å². The molecule has 32 heavy (non-hydrogen) atoms. The van der Waals surface area contributed by atoms with Crippen LogP contribution in [0.5, 0.6) is 0 Å². The number of piperazine rings is 1. The van der Waals surface area contributed by atoms with Gasteiger partial charge in [-0.2, -0.15) is 5.26 Å². The maximum Gasteiger partial charge on any atom is 0.357 e. The number of hydrogen-bond donors (Lipinski definition) is 1. The molecule has 2 aromatic carbocycles. The summed E-state index contributed by atoms with van der Waals surface area (Å²) in [5.74, 6) is -0.822. The molecule has 1 aromatic heterocycles. The van der Waals surface area contributed by atoms with Gasteiger partial charge >= 0.3 is 5.97 Å². The molecule has 8 nitrogen and oxygen atoms in total. The predicted octanol–water partition coefficient (Wildman–Crippen LogP) is 2.68. The SMILES string of the molecule is COC(=O)c1c(N)c(C#N)cn1-c1ccccc1C(=O)N1CCN(c2ccccc2)CC1. The van der Waals surface area contributed by atoms with Crippen molar-refractivity contribution in [3.8, 4) is 11.8 Å². The molecule has 8 heteroatoms. The van der Waals surface area contributed by atoms with E-state index in [1.54, 1.807) is 29.2 Å². The highest BCUT2D eigenvalue weighted by molar-refractivity contribution is 6.00. The minimum Gasteiger partial charge on any atom is -0.464 e. The highest BCUT2D eigenvalue weighted by Crippen LogP contribution is 2.27. The maximum atomic E-state index is 13.4. The molecule has 1 aliphatic heterocycles. The van der Waals surface area contributed by atoms with Crippen LogP contribution in [0.15, 0.2) is 60.8 Å². The number of nitrogen functional groups attached to an aromatic ring is 1. The van der Waals surface area contributed by atoms with Crippen LogP contribution in [-0.2, 0) is 4.74 Å². The number of benzene rings is 2. The normalized spacial score (nSPS) is 13.5. The largest absolute Gasteiger partial charge is 0.464 e. The molecule has 0 unspecified atom stereocenters. The van der Waals surface area contributed by atoms with Gasteiger partial charge in [-0.1, -0.05) is 30.3 Å². The number of amides is 1. The van der Waals surface area contributed by atoms with Gasteiger partial charge in [0.25, 0.3) is 5.91 Å². The summed E-state index contributed by atoms with van der Waals surface area (Å²) >= 11 is 0. The molecule has 3 aromatic rings. The minimum absolute atomic E-state index is 0.0260. The van der Waals surface area contributed by atoms with E-state index < -0.39 is 5.97 Å². The number of nitrogens with zero attached hydrogens (tertiary/aromatic N) is 4. The predicted molar refractivity (Wildman–Crippen MR) is 121 cm³/mol. The number of nitriles is 1. The van der Waals surface area contributed by atoms with Gasteiger partial charge in [0.1, 0.15) is 6.07 Å². The Kier molecular flexibility index (Phi) is 5.81. The first-order valence-corrected chi connectivity index (χ1v) is 10.2. The topological polar surface area (TPSA) is 105 Å². The van der Waals surface area contributed by atoms with Gasteiger partial charge in [-0.3, -0.25) is 4.79 Å². The summed E-state index contributed by atoms with van der Waals surface area (Å²) in [6.45, 7) is 2.59. The fourth-order valence-corrected chi connectivity index (χ4v) is 3.95. The van der Waals surface area contributed by atoms with E-state index >= 15 is 0 Å². The summed E-state index contributed by atoms with van der Waals surface area (Å²) in [7, 11) is 1.24. The highest BCUT2D eigenvalue weighted by Gasteiger charge is 2.27. The number of carbonyl (C=O) groups excluding carboxylic acids is 2. The molecular weight excluding hydrogens is 406 g/mol. The van der Waals surface area contributed by atoms with Crippen molar-refractivity contribution in [2.45, 2.75) is 0 Å². The van der Waals surface area contributed by atoms with E-state index in [0.29, 0.717) is 24.3 Å². The Hall–Kier alpha value is -4.25. The van der Waals surface area contributed by atoms with Crippen LogP contribution in [0.2, 0.25) is 0 Å². The zero-order valence-electron chi connectivity index (χ0n) is 17.7. The van der Waals surface area contributed by atoms with Crippen LogP contribution in [0.3, 0.4) is 0 Å². The highest BCUT2D eigenvalue weighted by atomic mass is 16.5. The van der Waals surface area contributed by atoms with Gasteiger partial charge in [0.15, 0.2) is 5.69 Å². The van der Waals surface area contributed by atoms with E-state index in [2.05, 4.69) is 17.0 Å². The van der Waals surface area contributed by atoms with E-state index in [9.17, 15) is 14.9 Å². The van der Waals surface area contributed by atoms with Crippen molar-refractivity contribution in [2.75, 3.05) is 43.9 Å². The van der Waals surface area contributed by atoms with Crippen molar-refractivity contribution in [1.29, 1.82) is 5.26 Å². The molecule has 0 spiro atoms. The maximum absolute atomic E-state index is 13.4. The summed E-state index contributed by atoms with van der Waals surface area (Å²) in [4.78, 5) is 29.9. The van der Waals surface area contributed by atoms with Crippen LogP contribution in [0.25, 0.3) is 5.69 Å². The first-order chi connectivity index (χ1) is 15.5. The summed E-state index contributed by atoms with van der Waals surface area (Å²) in [5, 5.41) is 9.38. The third-order valence-electron chi connectivity index (χ3n) is 5.63. The number of anilines is 2. The van der Waals surface area contributed by atoms with Gasteiger partial charge in [0.05, 0.1) is 29.6 Å². The third kappa shape index (κ3) is 3.76. The molecule has 1 amide bonds. The average Bonchev–Trinajstić information content (AvgIpc) is 3.19. The molecule has 1 fully saturated rings. The van der Waals surface area contributed by atoms with Crippen LogP contribution < -0.4 is 10.6 Å². The second-order valence-corrected chi connectivity index (χ2v) is 7.41. The fraction of sp³-hybridized carbons (Fsp3) is 0.208. The van der Waals surface area contributed by atoms with Gasteiger partial charge < -0.3 is 24.8 Å². The van der Waals surface area contributed by atoms with Crippen molar-refractivity contribution < 1.29 is 14.3 Å². The standard InChI is InChI=1S/C24H23N5O3/c1-32-24(31)22-21(26)17(15-25)16-29(22)20-10-6-5-9-19(20)23(30)28-13-11-27(12-14-28)18-7-3-2-4-8-18/h2-10,16H,11-14,26H2,1H3. The molecule has 0 radical (unpaired) electrons. The summed E-state index contributed by atoms with van der Waals surface area (Å²) < 4.78 is 6.32. The van der Waals surface area contributed by atoms with Gasteiger partial charge in [-0.05, 0) is 24.3 Å². The van der Waals surface area contributed by atoms with Crippen molar-refractivity contribution >= 4 is 23.3 Å². The fourth-order valence-electron chi connectivity index (χ4n) is 3.95. The molecule has 2 heterocycles. The smallest absolute Gasteiger partial charge is 0.357 e. The van der Waals surface area contributed by atoms with Crippen molar-refractivity contribution in [2.24, 2.45) is 0 Å². The molecule has 2 N–H and O–H groups in total. The van der Waals surface area contributed by atoms with Crippen molar-refractivity contribution in [1.82, 2.24) is 9.47 Å². The second kappa shape index (κ2) is 8.86. The average molecular weight is 429 g/mol. The Morgan fingerprint density at radius 1 is 1.00 bits per heavy atom. The van der Waals surface area contributed by atoms with Crippen LogP contribution in [0, 0.1) is 11.3 Å². The quantitative estimate of drug-likeness (QED) is 0.640. The zero-order chi connectivity index (χ0) is 22.7. The molecular formula is C24H23N5O3. The Balaban J connectivity index is 1.64. The number of carbonyl (C=O) groups is 2. The van der Waals surface area contributed by atoms with E-state index in [4.69, 9.17) is 10.5 Å². The van der Waals surface area contributed by atoms with Crippen LogP contribution in [-0.4, -0.2) is 54.6 Å². The molecule has 0 aliphatic carbocycles. The zero-order valence-corrected chi connectivity index (χ0v) is 17.7. The Labute approximate surface area is 186 Å². The number of para-hydroxylation sites is 2. The van der Waals surface area contributed by atoms with Crippen LogP contribution in [0.1, 0.15) is 26.4 Å². The molecule has 162 valence electrons. The van der Waals surface area contributed by atoms with E-state index in [1.165, 1.54) is 17.9 Å². The molecule has 0 bridgehead atoms. The third-order valence-corrected chi connectivity index (χ3v) is 5.63. The van der Waals surface area contributed by atoms with Crippen LogP contribution >= 0.6 is 0 Å². The Morgan fingerprint density at radius 2 is 1.66 bits per heavy atom. The lowest BCUT2D eigenvalue weighted by Gasteiger charge is -2.36. The van der Waals surface area contributed by atoms with Crippen molar-refractivity contribution in [3.63, 3.8) is 0 Å². The van der Waals surface area contributed by atoms with E-state index in [0.717, 1.165) is 18.8 Å². The lowest BCUT2D eigenvalue weighted by molar-refractivity contribution is 0.0592. The van der Waals surface area contributed by atoms with Gasteiger partial charge in [0, 0.05) is 38.1 Å². The van der Waals surface area contributed by atoms with Crippen LogP contribution in [0.4, 0.5) is 11.4 Å². The second-order valence-electron chi connectivity index (χ2n) is 7.41. The molecule has 1 aliphatic rings. The monoisotopic (exact) mass is 429 g/mol. The number of esters is 1. The van der Waals surface area contributed by atoms with Gasteiger partial charge in [-0.25, -0.2) is 4.79 Å². The number of nitrogens with two attached hydrogens (primary N) is 1. The number of methoxy groups -OCH3 is 1. The van der Waals surface area contributed by atoms with E-state index in [1.807, 2.05) is 24.3 Å². The summed E-state index contributed by atoms with van der Waals surface area (Å²) in [6, 6.07) is 19.1. The number of ether oxygens (including phenoxy) is 1. The first kappa shape index (κ1) is 21.0. The van der Waals surface area contributed by atoms with Crippen molar-refractivity contribution in [3.05, 3.63) is 77.6 Å². The number of hydrogen-bond acceptors (Lipinski definition) is 6. The van der Waals surface area contributed by atoms with E-state index in [-0.39, 0.29) is 22.9 Å². The van der Waals surface area contributed by atoms with Gasteiger partial charge in [0.2, 0.25) is 0 Å². The Bertz CT molecular complexity index is 1190. The summed E-state index contributed by atoms with van der Waals surface area (Å²) in [5.41, 5.74) is 8.24. The summed E-state index contributed by atoms with van der Waals surface area (Å²) in [6.07, 6.45) is 1.46. The first-order valence-electron chi connectivity index (χ1n) is 10.2. The lowest BCUT2D eigenvalue weighted by atomic mass is 10.1. The lowest BCUT2D eigenvalue weighted by Crippen LogP contribution is -2.49. The Morgan fingerprint density at radius 3 is 2.31 bits per heavy atom. The number of aromatic nitrogens is 1. The molecule has 1 saturated heterocycles. The number of rotatable bonds is 4. The minimum atomic E-state index is -0.678.